The van der Waals surface area contributed by atoms with Crippen molar-refractivity contribution in [3.63, 3.8) is 0 Å². The molecule has 2 aromatic carbocycles. The molecule has 116 valence electrons. The molecule has 0 spiro atoms. The van der Waals surface area contributed by atoms with Crippen molar-refractivity contribution in [2.45, 2.75) is 19.4 Å². The number of fused-ring (bicyclic) bond motifs is 1. The Bertz CT molecular complexity index is 740. The molecule has 1 N–H and O–H groups in total. The van der Waals surface area contributed by atoms with E-state index in [9.17, 15) is 0 Å². The monoisotopic (exact) mass is 322 g/mol. The van der Waals surface area contributed by atoms with Gasteiger partial charge in [0.05, 0.1) is 0 Å². The molecule has 2 nitrogen and oxygen atoms in total. The Kier molecular flexibility index (Phi) is 4.51. The van der Waals surface area contributed by atoms with Gasteiger partial charge in [-0.3, -0.25) is 0 Å². The highest BCUT2D eigenvalue weighted by atomic mass is 35.5. The van der Waals surface area contributed by atoms with E-state index >= 15 is 0 Å². The molecule has 1 heterocycles. The van der Waals surface area contributed by atoms with Crippen LogP contribution in [-0.4, -0.2) is 26.3 Å². The molecule has 0 saturated heterocycles. The third kappa shape index (κ3) is 3.46. The van der Waals surface area contributed by atoms with Crippen molar-refractivity contribution >= 4 is 30.6 Å². The van der Waals surface area contributed by atoms with Crippen LogP contribution in [0.1, 0.15) is 29.5 Å². The number of rotatable bonds is 3. The fraction of sp³-hybridized carbons (Fsp3) is 0.263. The minimum atomic E-state index is 0.281. The van der Waals surface area contributed by atoms with Crippen LogP contribution < -0.4 is 10.8 Å². The molecule has 3 rings (SSSR count). The summed E-state index contributed by atoms with van der Waals surface area (Å²) in [5, 5.41) is 4.00. The Balaban J connectivity index is 1.99. The van der Waals surface area contributed by atoms with Crippen molar-refractivity contribution in [1.29, 1.82) is 0 Å². The lowest BCUT2D eigenvalue weighted by molar-refractivity contribution is 0.295. The van der Waals surface area contributed by atoms with Gasteiger partial charge in [0.15, 0.2) is 0 Å². The molecular formula is C19H20BClN2. The van der Waals surface area contributed by atoms with E-state index in [0.29, 0.717) is 0 Å². The molecule has 0 aliphatic carbocycles. The van der Waals surface area contributed by atoms with Gasteiger partial charge >= 0.3 is 0 Å². The second-order valence-corrected chi connectivity index (χ2v) is 6.75. The molecule has 0 amide bonds. The highest BCUT2D eigenvalue weighted by Gasteiger charge is 2.26. The molecule has 0 bridgehead atoms. The Labute approximate surface area is 144 Å². The minimum absolute atomic E-state index is 0.281. The van der Waals surface area contributed by atoms with Gasteiger partial charge in [0.1, 0.15) is 7.85 Å². The van der Waals surface area contributed by atoms with Crippen LogP contribution in [0.3, 0.4) is 0 Å². The van der Waals surface area contributed by atoms with E-state index in [0.717, 1.165) is 35.0 Å². The quantitative estimate of drug-likeness (QED) is 0.868. The average molecular weight is 323 g/mol. The fourth-order valence-corrected chi connectivity index (χ4v) is 3.53. The molecule has 23 heavy (non-hydrogen) atoms. The molecule has 2 aromatic rings. The molecule has 0 aromatic heterocycles. The molecule has 1 aliphatic heterocycles. The minimum Gasteiger partial charge on any atom is -0.360 e. The zero-order chi connectivity index (χ0) is 16.6. The topological polar surface area (TPSA) is 15.3 Å². The van der Waals surface area contributed by atoms with Crippen molar-refractivity contribution < 1.29 is 0 Å². The van der Waals surface area contributed by atoms with E-state index in [2.05, 4.69) is 54.2 Å². The van der Waals surface area contributed by atoms with E-state index in [4.69, 9.17) is 19.4 Å². The van der Waals surface area contributed by atoms with Gasteiger partial charge in [-0.05, 0) is 42.8 Å². The van der Waals surface area contributed by atoms with Gasteiger partial charge < -0.3 is 10.2 Å². The molecular weight excluding hydrogens is 302 g/mol. The number of hydrogen-bond donors (Lipinski definition) is 1. The van der Waals surface area contributed by atoms with Gasteiger partial charge in [-0.15, -0.1) is 0 Å². The van der Waals surface area contributed by atoms with Gasteiger partial charge in [0, 0.05) is 35.4 Å². The number of halogens is 1. The molecule has 0 saturated carbocycles. The van der Waals surface area contributed by atoms with E-state index in [1.807, 2.05) is 13.0 Å². The second kappa shape index (κ2) is 6.42. The van der Waals surface area contributed by atoms with Crippen molar-refractivity contribution in [2.24, 2.45) is 0 Å². The highest BCUT2D eigenvalue weighted by molar-refractivity contribution is 6.36. The maximum Gasteiger partial charge on any atom is 0.113 e. The van der Waals surface area contributed by atoms with E-state index < -0.39 is 0 Å². The van der Waals surface area contributed by atoms with Crippen LogP contribution in [0.25, 0.3) is 0 Å². The summed E-state index contributed by atoms with van der Waals surface area (Å²) in [5.41, 5.74) is 6.41. The number of nitrogens with one attached hydrogen (secondary N) is 1. The molecule has 1 unspecified atom stereocenters. The largest absolute Gasteiger partial charge is 0.360 e. The number of nitrogens with zero attached hydrogens (tertiary/aromatic N) is 1. The number of anilines is 1. The Morgan fingerprint density at radius 1 is 1.30 bits per heavy atom. The molecule has 1 atom stereocenters. The third-order valence-corrected chi connectivity index (χ3v) is 4.56. The summed E-state index contributed by atoms with van der Waals surface area (Å²) in [5.74, 6) is 0.281. The summed E-state index contributed by atoms with van der Waals surface area (Å²) in [6, 6.07) is 12.4. The highest BCUT2D eigenvalue weighted by Crippen LogP contribution is 2.36. The van der Waals surface area contributed by atoms with Gasteiger partial charge in [-0.25, -0.2) is 0 Å². The van der Waals surface area contributed by atoms with E-state index in [-0.39, 0.29) is 5.92 Å². The normalized spacial score (nSPS) is 17.6. The number of allylic oxidation sites excluding steroid dienone is 1. The molecule has 0 fully saturated rings. The van der Waals surface area contributed by atoms with E-state index in [1.54, 1.807) is 0 Å². The Hall–Kier alpha value is -1.71. The van der Waals surface area contributed by atoms with Crippen molar-refractivity contribution in [3.8, 4) is 0 Å². The first-order valence-corrected chi connectivity index (χ1v) is 8.10. The SMILES string of the molecule is [B]c1cc(Cl)c2c(c1)C(c1ccc(NC(=C)C)cc1)CN(C)C2. The fourth-order valence-electron chi connectivity index (χ4n) is 3.23. The first-order valence-electron chi connectivity index (χ1n) is 7.73. The third-order valence-electron chi connectivity index (χ3n) is 4.22. The maximum atomic E-state index is 6.42. The van der Waals surface area contributed by atoms with Gasteiger partial charge in [0.25, 0.3) is 0 Å². The lowest BCUT2D eigenvalue weighted by Gasteiger charge is -2.33. The lowest BCUT2D eigenvalue weighted by atomic mass is 9.81. The number of benzene rings is 2. The van der Waals surface area contributed by atoms with Crippen LogP contribution in [0, 0.1) is 0 Å². The maximum absolute atomic E-state index is 6.42. The summed E-state index contributed by atoms with van der Waals surface area (Å²) < 4.78 is 0. The Morgan fingerprint density at radius 3 is 2.65 bits per heavy atom. The van der Waals surface area contributed by atoms with Crippen LogP contribution >= 0.6 is 11.6 Å². The van der Waals surface area contributed by atoms with Crippen LogP contribution in [0.15, 0.2) is 48.7 Å². The summed E-state index contributed by atoms with van der Waals surface area (Å²) >= 11 is 6.42. The number of likely N-dealkylation sites (N-methyl/N-ethyl adjacent to an activating group) is 1. The second-order valence-electron chi connectivity index (χ2n) is 6.35. The van der Waals surface area contributed by atoms with Crippen molar-refractivity contribution in [3.05, 3.63) is 70.4 Å². The number of hydrogen-bond acceptors (Lipinski definition) is 2. The van der Waals surface area contributed by atoms with Crippen LogP contribution in [0.5, 0.6) is 0 Å². The van der Waals surface area contributed by atoms with Gasteiger partial charge in [-0.1, -0.05) is 47.9 Å². The summed E-state index contributed by atoms with van der Waals surface area (Å²) in [7, 11) is 8.14. The first kappa shape index (κ1) is 16.2. The summed E-state index contributed by atoms with van der Waals surface area (Å²) in [4.78, 5) is 2.30. The van der Waals surface area contributed by atoms with Crippen molar-refractivity contribution in [2.75, 3.05) is 18.9 Å². The van der Waals surface area contributed by atoms with Gasteiger partial charge in [-0.2, -0.15) is 0 Å². The lowest BCUT2D eigenvalue weighted by Crippen LogP contribution is -2.32. The first-order chi connectivity index (χ1) is 10.9. The molecule has 2 radical (unpaired) electrons. The molecule has 1 aliphatic rings. The summed E-state index contributed by atoms with van der Waals surface area (Å²) in [6.07, 6.45) is 0. The van der Waals surface area contributed by atoms with Crippen molar-refractivity contribution in [1.82, 2.24) is 4.90 Å². The van der Waals surface area contributed by atoms with Crippen LogP contribution in [0.2, 0.25) is 5.02 Å². The zero-order valence-electron chi connectivity index (χ0n) is 13.6. The zero-order valence-corrected chi connectivity index (χ0v) is 14.3. The standard InChI is InChI=1S/C19H20BClN2/c1-12(2)22-15-6-4-13(5-7-15)17-10-23(3)11-18-16(17)8-14(20)9-19(18)21/h4-9,17,22H,1,10-11H2,2-3H3. The average Bonchev–Trinajstić information content (AvgIpc) is 2.48. The van der Waals surface area contributed by atoms with Gasteiger partial charge in [0.2, 0.25) is 0 Å². The Morgan fingerprint density at radius 2 is 2.00 bits per heavy atom. The van der Waals surface area contributed by atoms with Crippen LogP contribution in [-0.2, 0) is 6.54 Å². The predicted octanol–water partition coefficient (Wildman–Crippen LogP) is 3.66. The van der Waals surface area contributed by atoms with Crippen LogP contribution in [0.4, 0.5) is 5.69 Å². The van der Waals surface area contributed by atoms with E-state index in [1.165, 1.54) is 16.7 Å². The predicted molar refractivity (Wildman–Crippen MR) is 99.9 cm³/mol. The summed E-state index contributed by atoms with van der Waals surface area (Å²) in [6.45, 7) is 7.64. The smallest absolute Gasteiger partial charge is 0.113 e. The molecule has 4 heteroatoms.